The van der Waals surface area contributed by atoms with Gasteiger partial charge in [-0.1, -0.05) is 0 Å². The predicted molar refractivity (Wildman–Crippen MR) is 44.5 cm³/mol. The number of allylic oxidation sites excluding steroid dienone is 2. The van der Waals surface area contributed by atoms with Crippen LogP contribution in [0.15, 0.2) is 16.8 Å². The summed E-state index contributed by atoms with van der Waals surface area (Å²) in [7, 11) is 0. The molecule has 0 aromatic rings. The molecule has 2 N–H and O–H groups in total. The summed E-state index contributed by atoms with van der Waals surface area (Å²) in [6.45, 7) is 0. The Morgan fingerprint density at radius 1 is 1.70 bits per heavy atom. The van der Waals surface area contributed by atoms with Gasteiger partial charge in [-0.25, -0.2) is 0 Å². The fraction of sp³-hybridized carbons (Fsp3) is 0.571. The molecule has 0 atom stereocenters. The van der Waals surface area contributed by atoms with E-state index in [1.807, 2.05) is 0 Å². The molecule has 3 heteroatoms. The number of halogens is 1. The summed E-state index contributed by atoms with van der Waals surface area (Å²) in [4.78, 5) is 4.18. The van der Waals surface area contributed by atoms with Crippen LogP contribution < -0.4 is 5.73 Å². The molecule has 1 saturated carbocycles. The third-order valence-corrected chi connectivity index (χ3v) is 1.60. The van der Waals surface area contributed by atoms with Gasteiger partial charge >= 0.3 is 0 Å². The molecule has 0 unspecified atom stereocenters. The third-order valence-electron chi connectivity index (χ3n) is 1.29. The average Bonchev–Trinajstić information content (AvgIpc) is 2.71. The summed E-state index contributed by atoms with van der Waals surface area (Å²) < 4.78 is 0. The first-order valence-electron chi connectivity index (χ1n) is 3.36. The van der Waals surface area contributed by atoms with E-state index in [-0.39, 0.29) is 0 Å². The van der Waals surface area contributed by atoms with E-state index < -0.39 is 0 Å². The van der Waals surface area contributed by atoms with Crippen LogP contribution in [0.2, 0.25) is 0 Å². The molecule has 0 radical (unpaired) electrons. The number of rotatable bonds is 3. The quantitative estimate of drug-likeness (QED) is 0.488. The molecule has 0 heterocycles. The highest BCUT2D eigenvalue weighted by Gasteiger charge is 2.18. The molecule has 0 bridgehead atoms. The second kappa shape index (κ2) is 3.62. The highest BCUT2D eigenvalue weighted by Crippen LogP contribution is 2.22. The maximum atomic E-state index is 5.43. The molecule has 0 amide bonds. The SMILES string of the molecule is NC(=CC=NC1CC1)CCl. The van der Waals surface area contributed by atoms with Gasteiger partial charge in [0, 0.05) is 11.9 Å². The topological polar surface area (TPSA) is 38.4 Å². The second-order valence-electron chi connectivity index (χ2n) is 2.40. The molecule has 1 aliphatic carbocycles. The van der Waals surface area contributed by atoms with Crippen molar-refractivity contribution in [3.63, 3.8) is 0 Å². The molecule has 1 aliphatic rings. The van der Waals surface area contributed by atoms with Crippen LogP contribution in [0.3, 0.4) is 0 Å². The Bertz CT molecular complexity index is 159. The average molecular weight is 159 g/mol. The van der Waals surface area contributed by atoms with Gasteiger partial charge in [-0.15, -0.1) is 11.6 Å². The summed E-state index contributed by atoms with van der Waals surface area (Å²) in [6, 6.07) is 0.569. The van der Waals surface area contributed by atoms with Crippen molar-refractivity contribution in [2.24, 2.45) is 10.7 Å². The zero-order valence-electron chi connectivity index (χ0n) is 5.76. The van der Waals surface area contributed by atoms with Gasteiger partial charge < -0.3 is 5.73 Å². The summed E-state index contributed by atoms with van der Waals surface area (Å²) in [5.74, 6) is 0.386. The maximum Gasteiger partial charge on any atom is 0.0620 e. The molecule has 0 spiro atoms. The molecular weight excluding hydrogens is 148 g/mol. The number of alkyl halides is 1. The van der Waals surface area contributed by atoms with Crippen LogP contribution in [-0.4, -0.2) is 18.1 Å². The molecule has 1 rings (SSSR count). The van der Waals surface area contributed by atoms with E-state index in [0.717, 1.165) is 0 Å². The number of nitrogens with zero attached hydrogens (tertiary/aromatic N) is 1. The lowest BCUT2D eigenvalue weighted by atomic mass is 10.5. The zero-order valence-corrected chi connectivity index (χ0v) is 6.51. The van der Waals surface area contributed by atoms with Crippen molar-refractivity contribution in [2.75, 3.05) is 5.88 Å². The first-order valence-corrected chi connectivity index (χ1v) is 3.90. The second-order valence-corrected chi connectivity index (χ2v) is 2.67. The Labute approximate surface area is 65.8 Å². The van der Waals surface area contributed by atoms with E-state index in [1.165, 1.54) is 12.8 Å². The molecule has 56 valence electrons. The van der Waals surface area contributed by atoms with Crippen molar-refractivity contribution in [2.45, 2.75) is 18.9 Å². The Kier molecular flexibility index (Phi) is 2.75. The van der Waals surface area contributed by atoms with Crippen molar-refractivity contribution in [3.05, 3.63) is 11.8 Å². The van der Waals surface area contributed by atoms with Crippen LogP contribution in [0.4, 0.5) is 0 Å². The van der Waals surface area contributed by atoms with Crippen molar-refractivity contribution in [1.29, 1.82) is 0 Å². The van der Waals surface area contributed by atoms with Crippen molar-refractivity contribution < 1.29 is 0 Å². The van der Waals surface area contributed by atoms with Crippen molar-refractivity contribution >= 4 is 17.8 Å². The molecule has 10 heavy (non-hydrogen) atoms. The van der Waals surface area contributed by atoms with Gasteiger partial charge in [-0.2, -0.15) is 0 Å². The van der Waals surface area contributed by atoms with E-state index in [9.17, 15) is 0 Å². The standard InChI is InChI=1S/C7H11ClN2/c8-5-6(9)3-4-10-7-1-2-7/h3-4,7H,1-2,5,9H2. The van der Waals surface area contributed by atoms with E-state index >= 15 is 0 Å². The largest absolute Gasteiger partial charge is 0.401 e. The van der Waals surface area contributed by atoms with Gasteiger partial charge in [-0.05, 0) is 18.9 Å². The van der Waals surface area contributed by atoms with Crippen LogP contribution in [0.1, 0.15) is 12.8 Å². The lowest BCUT2D eigenvalue weighted by molar-refractivity contribution is 1.08. The van der Waals surface area contributed by atoms with Gasteiger partial charge in [0.2, 0.25) is 0 Å². The Morgan fingerprint density at radius 3 is 2.90 bits per heavy atom. The Balaban J connectivity index is 2.23. The monoisotopic (exact) mass is 158 g/mol. The highest BCUT2D eigenvalue weighted by atomic mass is 35.5. The van der Waals surface area contributed by atoms with E-state index in [1.54, 1.807) is 12.3 Å². The van der Waals surface area contributed by atoms with Crippen LogP contribution in [0.25, 0.3) is 0 Å². The fourth-order valence-electron chi connectivity index (χ4n) is 0.529. The van der Waals surface area contributed by atoms with Gasteiger partial charge in [0.25, 0.3) is 0 Å². The summed E-state index contributed by atoms with van der Waals surface area (Å²) >= 11 is 5.43. The van der Waals surface area contributed by atoms with Gasteiger partial charge in [-0.3, -0.25) is 4.99 Å². The third kappa shape index (κ3) is 2.87. The molecule has 0 aromatic carbocycles. The van der Waals surface area contributed by atoms with Gasteiger partial charge in [0.15, 0.2) is 0 Å². The predicted octanol–water partition coefficient (Wildman–Crippen LogP) is 1.30. The van der Waals surface area contributed by atoms with E-state index in [4.69, 9.17) is 17.3 Å². The van der Waals surface area contributed by atoms with Crippen molar-refractivity contribution in [1.82, 2.24) is 0 Å². The minimum atomic E-state index is 0.386. The molecule has 2 nitrogen and oxygen atoms in total. The molecular formula is C7H11ClN2. The number of hydrogen-bond acceptors (Lipinski definition) is 2. The number of aliphatic imine (C=N–C) groups is 1. The Morgan fingerprint density at radius 2 is 2.40 bits per heavy atom. The van der Waals surface area contributed by atoms with E-state index in [2.05, 4.69) is 4.99 Å². The molecule has 1 fully saturated rings. The van der Waals surface area contributed by atoms with Crippen LogP contribution in [0, 0.1) is 0 Å². The minimum Gasteiger partial charge on any atom is -0.401 e. The number of hydrogen-bond donors (Lipinski definition) is 1. The zero-order chi connectivity index (χ0) is 7.40. The smallest absolute Gasteiger partial charge is 0.0620 e. The number of nitrogens with two attached hydrogens (primary N) is 1. The molecule has 0 aromatic heterocycles. The normalized spacial score (nSPS) is 20.3. The van der Waals surface area contributed by atoms with Gasteiger partial charge in [0.05, 0.1) is 11.9 Å². The Hall–Kier alpha value is -0.500. The van der Waals surface area contributed by atoms with Crippen LogP contribution in [-0.2, 0) is 0 Å². The lowest BCUT2D eigenvalue weighted by Crippen LogP contribution is -1.97. The van der Waals surface area contributed by atoms with Crippen molar-refractivity contribution in [3.8, 4) is 0 Å². The highest BCUT2D eigenvalue weighted by molar-refractivity contribution is 6.19. The summed E-state index contributed by atoms with van der Waals surface area (Å²) in [5, 5.41) is 0. The van der Waals surface area contributed by atoms with E-state index in [0.29, 0.717) is 17.6 Å². The first-order chi connectivity index (χ1) is 4.83. The van der Waals surface area contributed by atoms with Crippen LogP contribution >= 0.6 is 11.6 Å². The molecule has 0 saturated heterocycles. The maximum absolute atomic E-state index is 5.43. The molecule has 0 aliphatic heterocycles. The van der Waals surface area contributed by atoms with Gasteiger partial charge in [0.1, 0.15) is 0 Å². The summed E-state index contributed by atoms with van der Waals surface area (Å²) in [6.07, 6.45) is 5.96. The first kappa shape index (κ1) is 7.61. The minimum absolute atomic E-state index is 0.386. The summed E-state index contributed by atoms with van der Waals surface area (Å²) in [5.41, 5.74) is 6.09. The lowest BCUT2D eigenvalue weighted by Gasteiger charge is -1.87. The van der Waals surface area contributed by atoms with Crippen LogP contribution in [0.5, 0.6) is 0 Å². The fourth-order valence-corrected chi connectivity index (χ4v) is 0.618.